The average Bonchev–Trinajstić information content (AvgIpc) is 3.13. The first kappa shape index (κ1) is 24.8. The van der Waals surface area contributed by atoms with Gasteiger partial charge in [-0.2, -0.15) is 0 Å². The first-order valence-corrected chi connectivity index (χ1v) is 12.8. The Hall–Kier alpha value is -2.32. The molecule has 10 heteroatoms. The van der Waals surface area contributed by atoms with Gasteiger partial charge in [0.25, 0.3) is 5.69 Å². The number of aryl methyl sites for hydroxylation is 1. The Morgan fingerprint density at radius 2 is 1.88 bits per heavy atom. The second-order valence-electron chi connectivity index (χ2n) is 7.33. The highest BCUT2D eigenvalue weighted by atomic mass is 127. The molecule has 0 radical (unpaired) electrons. The molecule has 0 aromatic heterocycles. The largest absolute Gasteiger partial charge is 0.487 e. The molecule has 1 aliphatic rings. The number of nitro benzene ring substituents is 1. The van der Waals surface area contributed by atoms with E-state index < -0.39 is 10.9 Å². The molecule has 172 valence electrons. The summed E-state index contributed by atoms with van der Waals surface area (Å²) in [5.41, 5.74) is 2.74. The van der Waals surface area contributed by atoms with Crippen molar-refractivity contribution in [3.8, 4) is 5.75 Å². The molecule has 0 N–H and O–H groups in total. The lowest BCUT2D eigenvalue weighted by atomic mass is 10.1. The summed E-state index contributed by atoms with van der Waals surface area (Å²) >= 11 is 7.85. The van der Waals surface area contributed by atoms with Crippen LogP contribution in [0.4, 0.5) is 5.69 Å². The number of aliphatic imine (C=N–C) groups is 1. The van der Waals surface area contributed by atoms with Gasteiger partial charge in [0.2, 0.25) is 5.90 Å². The second kappa shape index (κ2) is 10.5. The fraction of sp³-hybridized carbons (Fsp3) is 0.0833. The molecule has 1 aliphatic heterocycles. The Bertz CT molecular complexity index is 1360. The third-order valence-corrected chi connectivity index (χ3v) is 6.97. The summed E-state index contributed by atoms with van der Waals surface area (Å²) in [6.45, 7) is 2.07. The van der Waals surface area contributed by atoms with Crippen LogP contribution in [-0.4, -0.2) is 16.8 Å². The van der Waals surface area contributed by atoms with Gasteiger partial charge in [0.1, 0.15) is 12.4 Å². The molecule has 0 amide bonds. The minimum Gasteiger partial charge on any atom is -0.487 e. The smallest absolute Gasteiger partial charge is 0.363 e. The lowest BCUT2D eigenvalue weighted by Gasteiger charge is -2.12. The van der Waals surface area contributed by atoms with Crippen molar-refractivity contribution in [2.75, 3.05) is 0 Å². The Morgan fingerprint density at radius 1 is 1.15 bits per heavy atom. The van der Waals surface area contributed by atoms with E-state index in [0.717, 1.165) is 28.5 Å². The van der Waals surface area contributed by atoms with Crippen molar-refractivity contribution < 1.29 is 19.2 Å². The zero-order chi connectivity index (χ0) is 24.4. The van der Waals surface area contributed by atoms with Gasteiger partial charge >= 0.3 is 5.97 Å². The number of carbonyl (C=O) groups excluding carboxylic acids is 1. The van der Waals surface area contributed by atoms with Gasteiger partial charge in [0.05, 0.1) is 12.1 Å². The summed E-state index contributed by atoms with van der Waals surface area (Å²) in [5, 5.41) is 11.2. The summed E-state index contributed by atoms with van der Waals surface area (Å²) in [6, 6.07) is 16.3. The van der Waals surface area contributed by atoms with E-state index >= 15 is 0 Å². The van der Waals surface area contributed by atoms with Crippen molar-refractivity contribution in [3.05, 3.63) is 104 Å². The average molecular weight is 745 g/mol. The number of hydrogen-bond acceptors (Lipinski definition) is 6. The van der Waals surface area contributed by atoms with Gasteiger partial charge in [0, 0.05) is 21.7 Å². The molecule has 0 saturated heterocycles. The van der Waals surface area contributed by atoms with Crippen LogP contribution < -0.4 is 4.74 Å². The van der Waals surface area contributed by atoms with E-state index in [1.807, 2.05) is 36.4 Å². The fourth-order valence-electron chi connectivity index (χ4n) is 3.21. The van der Waals surface area contributed by atoms with Gasteiger partial charge in [-0.1, -0.05) is 34.1 Å². The van der Waals surface area contributed by atoms with Gasteiger partial charge in [-0.3, -0.25) is 10.1 Å². The Balaban J connectivity index is 1.57. The maximum absolute atomic E-state index is 12.4. The number of carbonyl (C=O) groups is 1. The molecule has 0 saturated carbocycles. The fourth-order valence-corrected chi connectivity index (χ4v) is 5.79. The molecule has 0 bridgehead atoms. The number of nitrogens with zero attached hydrogens (tertiary/aromatic N) is 2. The van der Waals surface area contributed by atoms with Crippen LogP contribution >= 0.6 is 61.1 Å². The predicted octanol–water partition coefficient (Wildman–Crippen LogP) is 6.80. The normalized spacial score (nSPS) is 14.2. The van der Waals surface area contributed by atoms with Crippen LogP contribution in [-0.2, 0) is 16.1 Å². The summed E-state index contributed by atoms with van der Waals surface area (Å²) < 4.78 is 14.1. The van der Waals surface area contributed by atoms with Crippen LogP contribution in [0.3, 0.4) is 0 Å². The molecule has 7 nitrogen and oxygen atoms in total. The highest BCUT2D eigenvalue weighted by Crippen LogP contribution is 2.31. The van der Waals surface area contributed by atoms with E-state index in [4.69, 9.17) is 9.47 Å². The molecule has 0 aliphatic carbocycles. The van der Waals surface area contributed by atoms with Crippen LogP contribution in [0.5, 0.6) is 5.75 Å². The molecule has 3 aromatic rings. The van der Waals surface area contributed by atoms with Crippen molar-refractivity contribution in [3.63, 3.8) is 0 Å². The van der Waals surface area contributed by atoms with Crippen LogP contribution in [0.15, 0.2) is 69.8 Å². The van der Waals surface area contributed by atoms with Crippen LogP contribution in [0, 0.1) is 24.2 Å². The van der Waals surface area contributed by atoms with E-state index in [9.17, 15) is 14.9 Å². The van der Waals surface area contributed by atoms with E-state index in [2.05, 4.69) is 66.1 Å². The van der Waals surface area contributed by atoms with E-state index in [1.165, 1.54) is 6.07 Å². The van der Waals surface area contributed by atoms with Crippen LogP contribution in [0.25, 0.3) is 6.08 Å². The first-order valence-electron chi connectivity index (χ1n) is 9.85. The Kier molecular flexibility index (Phi) is 7.67. The topological polar surface area (TPSA) is 91.0 Å². The van der Waals surface area contributed by atoms with Gasteiger partial charge in [-0.15, -0.1) is 0 Å². The highest BCUT2D eigenvalue weighted by molar-refractivity contribution is 14.1. The van der Waals surface area contributed by atoms with Crippen molar-refractivity contribution >= 4 is 84.7 Å². The van der Waals surface area contributed by atoms with Gasteiger partial charge in [0.15, 0.2) is 5.70 Å². The zero-order valence-electron chi connectivity index (χ0n) is 17.6. The van der Waals surface area contributed by atoms with Crippen molar-refractivity contribution in [2.45, 2.75) is 13.5 Å². The minimum atomic E-state index is -0.613. The van der Waals surface area contributed by atoms with Crippen LogP contribution in [0.2, 0.25) is 0 Å². The molecule has 0 spiro atoms. The molecule has 4 rings (SSSR count). The third-order valence-electron chi connectivity index (χ3n) is 4.87. The minimum absolute atomic E-state index is 0.0396. The van der Waals surface area contributed by atoms with Crippen molar-refractivity contribution in [1.29, 1.82) is 0 Å². The predicted molar refractivity (Wildman–Crippen MR) is 149 cm³/mol. The molecule has 0 atom stereocenters. The van der Waals surface area contributed by atoms with E-state index in [0.29, 0.717) is 17.7 Å². The van der Waals surface area contributed by atoms with Gasteiger partial charge < -0.3 is 9.47 Å². The number of esters is 1. The SMILES string of the molecule is Cc1ccc(C2=N/C(=C\c3cc(I)c(OCc4cccc(Br)c4)c(I)c3)C(=O)O2)cc1[N+](=O)[O-]. The van der Waals surface area contributed by atoms with Crippen LogP contribution in [0.1, 0.15) is 22.3 Å². The number of nitro groups is 1. The van der Waals surface area contributed by atoms with E-state index in [1.54, 1.807) is 25.1 Å². The molecule has 3 aromatic carbocycles. The summed E-state index contributed by atoms with van der Waals surface area (Å²) in [6.07, 6.45) is 1.63. The molecular weight excluding hydrogens is 730 g/mol. The van der Waals surface area contributed by atoms with Gasteiger partial charge in [-0.05, 0) is 99.6 Å². The third kappa shape index (κ3) is 5.66. The number of halogens is 3. The summed E-state index contributed by atoms with van der Waals surface area (Å²) in [4.78, 5) is 27.4. The number of rotatable bonds is 6. The lowest BCUT2D eigenvalue weighted by molar-refractivity contribution is -0.385. The number of ether oxygens (including phenoxy) is 2. The first-order chi connectivity index (χ1) is 16.2. The standard InChI is InChI=1S/C24H15BrI2N2O5/c1-13-5-6-16(11-21(13)29(31)32)23-28-20(24(30)34-23)10-15-8-18(26)22(19(27)9-15)33-12-14-3-2-4-17(25)7-14/h2-11H,12H2,1H3/b20-10-. The lowest BCUT2D eigenvalue weighted by Crippen LogP contribution is -2.06. The molecule has 0 unspecified atom stereocenters. The zero-order valence-corrected chi connectivity index (χ0v) is 23.5. The van der Waals surface area contributed by atoms with Crippen molar-refractivity contribution in [2.24, 2.45) is 4.99 Å². The Morgan fingerprint density at radius 3 is 2.56 bits per heavy atom. The second-order valence-corrected chi connectivity index (χ2v) is 10.6. The molecule has 0 fully saturated rings. The quantitative estimate of drug-likeness (QED) is 0.0912. The number of hydrogen-bond donors (Lipinski definition) is 0. The maximum atomic E-state index is 12.4. The van der Waals surface area contributed by atoms with Gasteiger partial charge in [-0.25, -0.2) is 9.79 Å². The highest BCUT2D eigenvalue weighted by Gasteiger charge is 2.26. The number of benzene rings is 3. The maximum Gasteiger partial charge on any atom is 0.363 e. The molecule has 34 heavy (non-hydrogen) atoms. The summed E-state index contributed by atoms with van der Waals surface area (Å²) in [7, 11) is 0. The molecule has 1 heterocycles. The molecular formula is C24H15BrI2N2O5. The van der Waals surface area contributed by atoms with E-state index in [-0.39, 0.29) is 17.3 Å². The number of cyclic esters (lactones) is 1. The summed E-state index contributed by atoms with van der Waals surface area (Å²) in [5.74, 6) is 0.185. The van der Waals surface area contributed by atoms with Crippen molar-refractivity contribution in [1.82, 2.24) is 0 Å². The Labute approximate surface area is 230 Å². The monoisotopic (exact) mass is 744 g/mol.